The number of anilines is 2. The largest absolute Gasteiger partial charge is 0.372 e. The van der Waals surface area contributed by atoms with Gasteiger partial charge in [-0.1, -0.05) is 24.4 Å². The minimum absolute atomic E-state index is 0.120. The van der Waals surface area contributed by atoms with Gasteiger partial charge in [-0.25, -0.2) is 8.42 Å². The predicted octanol–water partition coefficient (Wildman–Crippen LogP) is 4.04. The molecule has 2 aromatic rings. The van der Waals surface area contributed by atoms with Gasteiger partial charge in [0.1, 0.15) is 4.21 Å². The van der Waals surface area contributed by atoms with E-state index in [1.807, 2.05) is 24.3 Å². The molecule has 0 aliphatic carbocycles. The number of benzene rings is 1. The molecule has 0 spiro atoms. The number of sulfonamides is 1. The molecule has 1 aliphatic rings. The number of nitrogens with zero attached hydrogens (tertiary/aromatic N) is 2. The van der Waals surface area contributed by atoms with Crippen molar-refractivity contribution in [3.8, 4) is 0 Å². The Kier molecular flexibility index (Phi) is 6.98. The molecular weight excluding hydrogens is 418 g/mol. The summed E-state index contributed by atoms with van der Waals surface area (Å²) in [6.45, 7) is 1.84. The predicted molar refractivity (Wildman–Crippen MR) is 115 cm³/mol. The second-order valence-electron chi connectivity index (χ2n) is 6.82. The van der Waals surface area contributed by atoms with Gasteiger partial charge >= 0.3 is 0 Å². The van der Waals surface area contributed by atoms with Crippen LogP contribution in [0.5, 0.6) is 0 Å². The van der Waals surface area contributed by atoms with Crippen LogP contribution >= 0.6 is 22.9 Å². The summed E-state index contributed by atoms with van der Waals surface area (Å²) in [6, 6.07) is 10.7. The summed E-state index contributed by atoms with van der Waals surface area (Å²) in [6.07, 6.45) is 4.96. The molecule has 28 heavy (non-hydrogen) atoms. The van der Waals surface area contributed by atoms with Crippen molar-refractivity contribution < 1.29 is 13.2 Å². The van der Waals surface area contributed by atoms with Crippen LogP contribution in [0.1, 0.15) is 25.7 Å². The fourth-order valence-electron chi connectivity index (χ4n) is 3.16. The van der Waals surface area contributed by atoms with Crippen molar-refractivity contribution in [3.05, 3.63) is 40.7 Å². The summed E-state index contributed by atoms with van der Waals surface area (Å²) in [5, 5.41) is 2.76. The zero-order chi connectivity index (χ0) is 20.1. The number of nitrogens with one attached hydrogen (secondary N) is 1. The highest BCUT2D eigenvalue weighted by atomic mass is 35.5. The summed E-state index contributed by atoms with van der Waals surface area (Å²) in [7, 11) is -2.35. The number of halogens is 1. The van der Waals surface area contributed by atoms with Crippen LogP contribution in [0.15, 0.2) is 40.6 Å². The molecule has 152 valence electrons. The van der Waals surface area contributed by atoms with Gasteiger partial charge in [0.15, 0.2) is 0 Å². The van der Waals surface area contributed by atoms with Gasteiger partial charge in [-0.2, -0.15) is 4.31 Å². The molecule has 0 unspecified atom stereocenters. The van der Waals surface area contributed by atoms with Crippen molar-refractivity contribution in [2.45, 2.75) is 29.9 Å². The van der Waals surface area contributed by atoms with E-state index in [4.69, 9.17) is 11.6 Å². The minimum Gasteiger partial charge on any atom is -0.372 e. The van der Waals surface area contributed by atoms with Crippen molar-refractivity contribution in [2.24, 2.45) is 0 Å². The molecule has 1 aromatic heterocycles. The Morgan fingerprint density at radius 2 is 1.75 bits per heavy atom. The first kappa shape index (κ1) is 21.1. The zero-order valence-corrected chi connectivity index (χ0v) is 18.1. The first-order valence-corrected chi connectivity index (χ1v) is 11.9. The molecule has 6 nitrogen and oxygen atoms in total. The van der Waals surface area contributed by atoms with Gasteiger partial charge in [0, 0.05) is 31.5 Å². The number of likely N-dealkylation sites (N-methyl/N-ethyl adjacent to an activating group) is 1. The topological polar surface area (TPSA) is 69.7 Å². The van der Waals surface area contributed by atoms with Crippen molar-refractivity contribution in [3.63, 3.8) is 0 Å². The Morgan fingerprint density at radius 1 is 1.11 bits per heavy atom. The quantitative estimate of drug-likeness (QED) is 0.734. The van der Waals surface area contributed by atoms with Crippen molar-refractivity contribution >= 4 is 50.2 Å². The summed E-state index contributed by atoms with van der Waals surface area (Å²) in [5.74, 6) is -0.392. The van der Waals surface area contributed by atoms with Crippen LogP contribution in [0.3, 0.4) is 0 Å². The fraction of sp³-hybridized carbons (Fsp3) is 0.421. The van der Waals surface area contributed by atoms with Crippen LogP contribution in [0.25, 0.3) is 0 Å². The fourth-order valence-corrected chi connectivity index (χ4v) is 5.98. The first-order chi connectivity index (χ1) is 13.4. The van der Waals surface area contributed by atoms with E-state index in [1.165, 1.54) is 44.9 Å². The van der Waals surface area contributed by atoms with E-state index in [9.17, 15) is 13.2 Å². The molecule has 1 aromatic carbocycles. The Morgan fingerprint density at radius 3 is 2.32 bits per heavy atom. The van der Waals surface area contributed by atoms with Crippen LogP contribution in [0, 0.1) is 0 Å². The second-order valence-corrected chi connectivity index (χ2v) is 10.8. The van der Waals surface area contributed by atoms with Crippen molar-refractivity contribution in [1.82, 2.24) is 4.31 Å². The maximum Gasteiger partial charge on any atom is 0.252 e. The lowest BCUT2D eigenvalue weighted by atomic mass is 10.2. The molecule has 1 aliphatic heterocycles. The van der Waals surface area contributed by atoms with E-state index in [-0.39, 0.29) is 10.8 Å². The van der Waals surface area contributed by atoms with Gasteiger partial charge in [-0.3, -0.25) is 4.79 Å². The van der Waals surface area contributed by atoms with Crippen LogP contribution in [-0.4, -0.2) is 45.3 Å². The van der Waals surface area contributed by atoms with Crippen LogP contribution in [0.4, 0.5) is 11.4 Å². The molecule has 2 heterocycles. The summed E-state index contributed by atoms with van der Waals surface area (Å²) in [5.41, 5.74) is 1.79. The van der Waals surface area contributed by atoms with Crippen molar-refractivity contribution in [1.29, 1.82) is 0 Å². The molecule has 1 N–H and O–H groups in total. The maximum atomic E-state index is 12.5. The molecule has 0 radical (unpaired) electrons. The summed E-state index contributed by atoms with van der Waals surface area (Å²) < 4.78 is 26.5. The average molecular weight is 442 g/mol. The number of rotatable bonds is 6. The number of amides is 1. The van der Waals surface area contributed by atoms with E-state index in [2.05, 4.69) is 10.2 Å². The lowest BCUT2D eigenvalue weighted by molar-refractivity contribution is -0.116. The van der Waals surface area contributed by atoms with E-state index in [0.29, 0.717) is 10.0 Å². The minimum atomic E-state index is -3.73. The maximum absolute atomic E-state index is 12.5. The molecule has 0 saturated carbocycles. The Balaban J connectivity index is 1.58. The lowest BCUT2D eigenvalue weighted by Gasteiger charge is -2.23. The SMILES string of the molecule is CN(CC(=O)Nc1ccc(N2CCCCCC2)cc1)S(=O)(=O)c1ccc(Cl)s1. The molecule has 0 bridgehead atoms. The van der Waals surface area contributed by atoms with Crippen molar-refractivity contribution in [2.75, 3.05) is 36.9 Å². The molecule has 0 atom stereocenters. The first-order valence-electron chi connectivity index (χ1n) is 9.23. The zero-order valence-electron chi connectivity index (χ0n) is 15.7. The monoisotopic (exact) mass is 441 g/mol. The summed E-state index contributed by atoms with van der Waals surface area (Å²) in [4.78, 5) is 14.7. The van der Waals surface area contributed by atoms with Gasteiger partial charge in [0.2, 0.25) is 5.91 Å². The van der Waals surface area contributed by atoms with Gasteiger partial charge in [-0.15, -0.1) is 11.3 Å². The summed E-state index contributed by atoms with van der Waals surface area (Å²) >= 11 is 6.78. The third-order valence-electron chi connectivity index (χ3n) is 4.70. The molecule has 1 saturated heterocycles. The number of hydrogen-bond acceptors (Lipinski definition) is 5. The highest BCUT2D eigenvalue weighted by molar-refractivity contribution is 7.91. The smallest absolute Gasteiger partial charge is 0.252 e. The molecule has 1 amide bonds. The van der Waals surface area contributed by atoms with Gasteiger partial charge in [0.05, 0.1) is 10.9 Å². The number of carbonyl (C=O) groups excluding carboxylic acids is 1. The van der Waals surface area contributed by atoms with E-state index < -0.39 is 15.9 Å². The standard InChI is InChI=1S/C19H24ClN3O3S2/c1-22(28(25,26)19-11-10-17(20)27-19)14-18(24)21-15-6-8-16(9-7-15)23-12-4-2-3-5-13-23/h6-11H,2-5,12-14H2,1H3,(H,21,24). The molecular formula is C19H24ClN3O3S2. The average Bonchev–Trinajstić information content (AvgIpc) is 2.93. The molecule has 1 fully saturated rings. The Hall–Kier alpha value is -1.61. The molecule has 9 heteroatoms. The Bertz CT molecular complexity index is 905. The van der Waals surface area contributed by atoms with Crippen LogP contribution < -0.4 is 10.2 Å². The van der Waals surface area contributed by atoms with E-state index in [0.717, 1.165) is 34.4 Å². The van der Waals surface area contributed by atoms with E-state index in [1.54, 1.807) is 0 Å². The molecule has 3 rings (SSSR count). The van der Waals surface area contributed by atoms with Crippen LogP contribution in [-0.2, 0) is 14.8 Å². The normalized spacial score (nSPS) is 15.5. The third-order valence-corrected chi connectivity index (χ3v) is 8.20. The lowest BCUT2D eigenvalue weighted by Crippen LogP contribution is -2.34. The van der Waals surface area contributed by atoms with Gasteiger partial charge < -0.3 is 10.2 Å². The highest BCUT2D eigenvalue weighted by Gasteiger charge is 2.24. The third kappa shape index (κ3) is 5.26. The Labute approximate surface area is 175 Å². The number of carbonyl (C=O) groups is 1. The van der Waals surface area contributed by atoms with Crippen LogP contribution in [0.2, 0.25) is 4.34 Å². The van der Waals surface area contributed by atoms with Gasteiger partial charge in [-0.05, 0) is 49.2 Å². The highest BCUT2D eigenvalue weighted by Crippen LogP contribution is 2.27. The van der Waals surface area contributed by atoms with E-state index >= 15 is 0 Å². The number of hydrogen-bond donors (Lipinski definition) is 1. The number of thiophene rings is 1. The second kappa shape index (κ2) is 9.26. The van der Waals surface area contributed by atoms with Gasteiger partial charge in [0.25, 0.3) is 10.0 Å².